The molecule has 1 fully saturated rings. The summed E-state index contributed by atoms with van der Waals surface area (Å²) < 4.78 is 0. The van der Waals surface area contributed by atoms with Crippen molar-refractivity contribution in [1.29, 1.82) is 0 Å². The Hall–Kier alpha value is -3.54. The maximum atomic E-state index is 13.2. The summed E-state index contributed by atoms with van der Waals surface area (Å²) in [6.45, 7) is 4.19. The van der Waals surface area contributed by atoms with E-state index in [1.165, 1.54) is 11.8 Å². The molecule has 0 aliphatic carbocycles. The second-order valence-corrected chi connectivity index (χ2v) is 9.02. The molecular formula is C28H32N4O2. The van der Waals surface area contributed by atoms with E-state index in [2.05, 4.69) is 34.2 Å². The number of likely N-dealkylation sites (tertiary alicyclic amines) is 1. The molecule has 2 amide bonds. The SMILES string of the molecule is Cc1cnc(C(=O)N(CCC(=O)N2CCC(Cc3ccccc3)CC2)Cc2ccccc2)cn1. The lowest BCUT2D eigenvalue weighted by atomic mass is 9.90. The van der Waals surface area contributed by atoms with Gasteiger partial charge in [0.05, 0.1) is 11.9 Å². The van der Waals surface area contributed by atoms with E-state index in [1.807, 2.05) is 48.2 Å². The largest absolute Gasteiger partial charge is 0.343 e. The molecule has 0 N–H and O–H groups in total. The number of piperidine rings is 1. The lowest BCUT2D eigenvalue weighted by Gasteiger charge is -2.33. The van der Waals surface area contributed by atoms with Gasteiger partial charge in [-0.2, -0.15) is 0 Å². The Balaban J connectivity index is 1.33. The molecule has 0 spiro atoms. The monoisotopic (exact) mass is 456 g/mol. The van der Waals surface area contributed by atoms with Crippen LogP contribution in [0.15, 0.2) is 73.1 Å². The van der Waals surface area contributed by atoms with Gasteiger partial charge < -0.3 is 9.80 Å². The first-order chi connectivity index (χ1) is 16.6. The number of hydrogen-bond acceptors (Lipinski definition) is 4. The Morgan fingerprint density at radius 1 is 0.912 bits per heavy atom. The van der Waals surface area contributed by atoms with Crippen LogP contribution in [0.4, 0.5) is 0 Å². The first kappa shape index (κ1) is 23.6. The highest BCUT2D eigenvalue weighted by atomic mass is 16.2. The summed E-state index contributed by atoms with van der Waals surface area (Å²) in [5, 5.41) is 0. The summed E-state index contributed by atoms with van der Waals surface area (Å²) in [7, 11) is 0. The normalized spacial score (nSPS) is 14.1. The second-order valence-electron chi connectivity index (χ2n) is 9.02. The van der Waals surface area contributed by atoms with Gasteiger partial charge in [-0.25, -0.2) is 4.98 Å². The molecule has 1 aliphatic rings. The number of aryl methyl sites for hydroxylation is 1. The molecule has 1 saturated heterocycles. The summed E-state index contributed by atoms with van der Waals surface area (Å²) in [6.07, 6.45) is 6.52. The number of hydrogen-bond donors (Lipinski definition) is 0. The Kier molecular flexibility index (Phi) is 8.02. The Labute approximate surface area is 201 Å². The van der Waals surface area contributed by atoms with Crippen LogP contribution in [0.3, 0.4) is 0 Å². The molecule has 0 saturated carbocycles. The Bertz CT molecular complexity index is 1060. The minimum Gasteiger partial charge on any atom is -0.343 e. The number of carbonyl (C=O) groups is 2. The lowest BCUT2D eigenvalue weighted by molar-refractivity contribution is -0.132. The molecule has 34 heavy (non-hydrogen) atoms. The summed E-state index contributed by atoms with van der Waals surface area (Å²) >= 11 is 0. The van der Waals surface area contributed by atoms with Crippen LogP contribution in [0.25, 0.3) is 0 Å². The van der Waals surface area contributed by atoms with Crippen molar-refractivity contribution in [1.82, 2.24) is 19.8 Å². The third kappa shape index (κ3) is 6.50. The van der Waals surface area contributed by atoms with E-state index in [0.29, 0.717) is 31.1 Å². The van der Waals surface area contributed by atoms with Gasteiger partial charge in [-0.05, 0) is 43.2 Å². The van der Waals surface area contributed by atoms with Gasteiger partial charge >= 0.3 is 0 Å². The van der Waals surface area contributed by atoms with E-state index in [9.17, 15) is 9.59 Å². The number of nitrogens with zero attached hydrogens (tertiary/aromatic N) is 4. The van der Waals surface area contributed by atoms with Gasteiger partial charge in [0.2, 0.25) is 5.91 Å². The molecule has 6 heteroatoms. The molecule has 1 aromatic heterocycles. The van der Waals surface area contributed by atoms with Crippen molar-refractivity contribution in [3.8, 4) is 0 Å². The van der Waals surface area contributed by atoms with Crippen molar-refractivity contribution in [2.45, 2.75) is 39.2 Å². The molecule has 0 atom stereocenters. The first-order valence-electron chi connectivity index (χ1n) is 12.0. The predicted molar refractivity (Wildman–Crippen MR) is 132 cm³/mol. The third-order valence-corrected chi connectivity index (χ3v) is 6.43. The van der Waals surface area contributed by atoms with Gasteiger partial charge in [-0.15, -0.1) is 0 Å². The van der Waals surface area contributed by atoms with E-state index in [0.717, 1.165) is 43.6 Å². The average Bonchev–Trinajstić information content (AvgIpc) is 2.88. The van der Waals surface area contributed by atoms with E-state index < -0.39 is 0 Å². The molecule has 0 bridgehead atoms. The van der Waals surface area contributed by atoms with Gasteiger partial charge in [0.15, 0.2) is 0 Å². The number of carbonyl (C=O) groups excluding carboxylic acids is 2. The topological polar surface area (TPSA) is 66.4 Å². The van der Waals surface area contributed by atoms with Crippen LogP contribution in [-0.4, -0.2) is 51.2 Å². The second kappa shape index (κ2) is 11.5. The Morgan fingerprint density at radius 2 is 1.56 bits per heavy atom. The summed E-state index contributed by atoms with van der Waals surface area (Å²) in [5.74, 6) is 0.521. The highest BCUT2D eigenvalue weighted by Gasteiger charge is 2.25. The van der Waals surface area contributed by atoms with Gasteiger partial charge in [0, 0.05) is 38.8 Å². The van der Waals surface area contributed by atoms with Gasteiger partial charge in [-0.3, -0.25) is 14.6 Å². The van der Waals surface area contributed by atoms with Crippen molar-refractivity contribution >= 4 is 11.8 Å². The van der Waals surface area contributed by atoms with Gasteiger partial charge in [0.25, 0.3) is 5.91 Å². The van der Waals surface area contributed by atoms with Crippen LogP contribution in [0, 0.1) is 12.8 Å². The minimum atomic E-state index is -0.203. The van der Waals surface area contributed by atoms with Crippen molar-refractivity contribution < 1.29 is 9.59 Å². The predicted octanol–water partition coefficient (Wildman–Crippen LogP) is 4.30. The van der Waals surface area contributed by atoms with Crippen LogP contribution in [-0.2, 0) is 17.8 Å². The standard InChI is InChI=1S/C28H32N4O2/c1-22-19-30-26(20-29-22)28(34)32(21-25-10-6-3-7-11-25)17-14-27(33)31-15-12-24(13-16-31)18-23-8-4-2-5-9-23/h2-11,19-20,24H,12-18,21H2,1H3. The van der Waals surface area contributed by atoms with E-state index >= 15 is 0 Å². The highest BCUT2D eigenvalue weighted by Crippen LogP contribution is 2.22. The molecule has 176 valence electrons. The van der Waals surface area contributed by atoms with Crippen molar-refractivity contribution in [3.63, 3.8) is 0 Å². The molecule has 6 nitrogen and oxygen atoms in total. The number of amides is 2. The number of rotatable bonds is 8. The summed E-state index contributed by atoms with van der Waals surface area (Å²) in [5.41, 5.74) is 3.44. The van der Waals surface area contributed by atoms with Crippen LogP contribution >= 0.6 is 0 Å². The Morgan fingerprint density at radius 3 is 2.18 bits per heavy atom. The fourth-order valence-electron chi connectivity index (χ4n) is 4.44. The van der Waals surface area contributed by atoms with Crippen LogP contribution in [0.2, 0.25) is 0 Å². The van der Waals surface area contributed by atoms with Gasteiger partial charge in [0.1, 0.15) is 5.69 Å². The quantitative estimate of drug-likeness (QED) is 0.507. The van der Waals surface area contributed by atoms with Crippen molar-refractivity contribution in [2.75, 3.05) is 19.6 Å². The maximum absolute atomic E-state index is 13.2. The zero-order valence-corrected chi connectivity index (χ0v) is 19.8. The highest BCUT2D eigenvalue weighted by molar-refractivity contribution is 5.92. The molecule has 4 rings (SSSR count). The average molecular weight is 457 g/mol. The zero-order valence-electron chi connectivity index (χ0n) is 19.8. The number of benzene rings is 2. The minimum absolute atomic E-state index is 0.110. The van der Waals surface area contributed by atoms with Crippen LogP contribution in [0.5, 0.6) is 0 Å². The fraction of sp³-hybridized carbons (Fsp3) is 0.357. The van der Waals surface area contributed by atoms with Crippen molar-refractivity contribution in [3.05, 3.63) is 95.6 Å². The molecule has 2 aromatic carbocycles. The lowest BCUT2D eigenvalue weighted by Crippen LogP contribution is -2.41. The van der Waals surface area contributed by atoms with Crippen molar-refractivity contribution in [2.24, 2.45) is 5.92 Å². The maximum Gasteiger partial charge on any atom is 0.274 e. The molecular weight excluding hydrogens is 424 g/mol. The van der Waals surface area contributed by atoms with E-state index in [4.69, 9.17) is 0 Å². The molecule has 0 radical (unpaired) electrons. The zero-order chi connectivity index (χ0) is 23.8. The molecule has 3 aromatic rings. The van der Waals surface area contributed by atoms with Crippen LogP contribution in [0.1, 0.15) is 46.6 Å². The number of aromatic nitrogens is 2. The first-order valence-corrected chi connectivity index (χ1v) is 12.0. The molecule has 0 unspecified atom stereocenters. The fourth-order valence-corrected chi connectivity index (χ4v) is 4.44. The molecule has 1 aliphatic heterocycles. The summed E-state index contributed by atoms with van der Waals surface area (Å²) in [6, 6.07) is 20.4. The molecule has 2 heterocycles. The van der Waals surface area contributed by atoms with E-state index in [1.54, 1.807) is 11.1 Å². The van der Waals surface area contributed by atoms with Crippen LogP contribution < -0.4 is 0 Å². The summed E-state index contributed by atoms with van der Waals surface area (Å²) in [4.78, 5) is 38.3. The van der Waals surface area contributed by atoms with E-state index in [-0.39, 0.29) is 11.8 Å². The smallest absolute Gasteiger partial charge is 0.274 e. The third-order valence-electron chi connectivity index (χ3n) is 6.43. The van der Waals surface area contributed by atoms with Gasteiger partial charge in [-0.1, -0.05) is 60.7 Å².